The Bertz CT molecular complexity index is 929. The van der Waals surface area contributed by atoms with E-state index in [4.69, 9.17) is 26.2 Å². The number of nitrogens with zero attached hydrogens (tertiary/aromatic N) is 2. The van der Waals surface area contributed by atoms with Crippen molar-refractivity contribution in [3.8, 4) is 11.5 Å². The number of ether oxygens (including phenoxy) is 2. The van der Waals surface area contributed by atoms with Crippen LogP contribution in [-0.4, -0.2) is 41.8 Å². The van der Waals surface area contributed by atoms with Crippen molar-refractivity contribution in [2.24, 2.45) is 5.10 Å². The van der Waals surface area contributed by atoms with Crippen LogP contribution in [0.5, 0.6) is 11.5 Å². The van der Waals surface area contributed by atoms with Gasteiger partial charge >= 0.3 is 5.97 Å². The average molecular weight is 408 g/mol. The highest BCUT2D eigenvalue weighted by Crippen LogP contribution is 2.36. The molecule has 2 N–H and O–H groups in total. The van der Waals surface area contributed by atoms with Gasteiger partial charge in [-0.3, -0.25) is 14.9 Å². The number of methoxy groups -OCH3 is 1. The Morgan fingerprint density at radius 1 is 1.32 bits per heavy atom. The van der Waals surface area contributed by atoms with Crippen LogP contribution in [0.1, 0.15) is 15.9 Å². The van der Waals surface area contributed by atoms with Gasteiger partial charge in [0.25, 0.3) is 11.6 Å². The molecular weight excluding hydrogens is 394 g/mol. The fraction of sp³-hybridized carbons (Fsp3) is 0.118. The standard InChI is InChI=1S/C17H14ClN3O7/c1-27-14-7-10(6-13(18)16(14)28-9-15(22)23)8-19-20-17(24)11-2-4-12(5-3-11)21(25)26/h2-8H,9H2,1H3,(H,20,24)(H,22,23)/b19-8-. The van der Waals surface area contributed by atoms with E-state index in [1.165, 1.54) is 49.7 Å². The van der Waals surface area contributed by atoms with Crippen LogP contribution >= 0.6 is 11.6 Å². The van der Waals surface area contributed by atoms with Gasteiger partial charge in [-0.1, -0.05) is 11.6 Å². The molecule has 0 fully saturated rings. The normalized spacial score (nSPS) is 10.5. The highest BCUT2D eigenvalue weighted by molar-refractivity contribution is 6.32. The minimum Gasteiger partial charge on any atom is -0.493 e. The molecule has 146 valence electrons. The van der Waals surface area contributed by atoms with Crippen molar-refractivity contribution in [1.29, 1.82) is 0 Å². The Kier molecular flexibility index (Phi) is 6.88. The third-order valence-corrected chi connectivity index (χ3v) is 3.59. The quantitative estimate of drug-likeness (QED) is 0.389. The topological polar surface area (TPSA) is 140 Å². The highest BCUT2D eigenvalue weighted by atomic mass is 35.5. The minimum atomic E-state index is -1.17. The van der Waals surface area contributed by atoms with Gasteiger partial charge in [0.2, 0.25) is 0 Å². The van der Waals surface area contributed by atoms with E-state index in [1.807, 2.05) is 0 Å². The van der Waals surface area contributed by atoms with Crippen molar-refractivity contribution in [2.75, 3.05) is 13.7 Å². The summed E-state index contributed by atoms with van der Waals surface area (Å²) in [5.74, 6) is -1.47. The van der Waals surface area contributed by atoms with E-state index in [0.29, 0.717) is 5.56 Å². The van der Waals surface area contributed by atoms with E-state index >= 15 is 0 Å². The molecule has 2 rings (SSSR count). The Hall–Kier alpha value is -3.66. The molecule has 11 heteroatoms. The van der Waals surface area contributed by atoms with Crippen molar-refractivity contribution in [1.82, 2.24) is 5.43 Å². The second-order valence-electron chi connectivity index (χ2n) is 5.22. The summed E-state index contributed by atoms with van der Waals surface area (Å²) in [5.41, 5.74) is 2.79. The lowest BCUT2D eigenvalue weighted by Crippen LogP contribution is -2.17. The minimum absolute atomic E-state index is 0.0682. The van der Waals surface area contributed by atoms with Gasteiger partial charge in [0.05, 0.1) is 23.3 Å². The SMILES string of the molecule is COc1cc(/C=N\NC(=O)c2ccc([N+](=O)[O-])cc2)cc(Cl)c1OCC(=O)O. The number of nitro benzene ring substituents is 1. The van der Waals surface area contributed by atoms with E-state index in [-0.39, 0.29) is 27.8 Å². The van der Waals surface area contributed by atoms with Crippen molar-refractivity contribution >= 4 is 35.4 Å². The van der Waals surface area contributed by atoms with E-state index in [1.54, 1.807) is 0 Å². The van der Waals surface area contributed by atoms with Gasteiger partial charge < -0.3 is 14.6 Å². The maximum absolute atomic E-state index is 12.0. The van der Waals surface area contributed by atoms with Crippen LogP contribution in [-0.2, 0) is 4.79 Å². The van der Waals surface area contributed by atoms with E-state index in [0.717, 1.165) is 0 Å². The van der Waals surface area contributed by atoms with Gasteiger partial charge in [0.1, 0.15) is 0 Å². The van der Waals surface area contributed by atoms with Crippen LogP contribution < -0.4 is 14.9 Å². The smallest absolute Gasteiger partial charge is 0.341 e. The van der Waals surface area contributed by atoms with Gasteiger partial charge in [-0.05, 0) is 29.8 Å². The van der Waals surface area contributed by atoms with Crippen molar-refractivity contribution in [3.63, 3.8) is 0 Å². The maximum atomic E-state index is 12.0. The Labute approximate surface area is 163 Å². The molecule has 2 aromatic rings. The second kappa shape index (κ2) is 9.33. The molecule has 0 bridgehead atoms. The number of aliphatic carboxylic acids is 1. The molecule has 0 aromatic heterocycles. The molecular formula is C17H14ClN3O7. The van der Waals surface area contributed by atoms with E-state index in [2.05, 4.69) is 10.5 Å². The third kappa shape index (κ3) is 5.42. The average Bonchev–Trinajstić information content (AvgIpc) is 2.66. The number of hydrogen-bond donors (Lipinski definition) is 2. The number of carbonyl (C=O) groups excluding carboxylic acids is 1. The lowest BCUT2D eigenvalue weighted by molar-refractivity contribution is -0.384. The number of benzene rings is 2. The number of hydrogen-bond acceptors (Lipinski definition) is 7. The highest BCUT2D eigenvalue weighted by Gasteiger charge is 2.13. The van der Waals surface area contributed by atoms with Gasteiger partial charge in [-0.15, -0.1) is 0 Å². The number of nitro groups is 1. The second-order valence-corrected chi connectivity index (χ2v) is 5.63. The number of halogens is 1. The largest absolute Gasteiger partial charge is 0.493 e. The van der Waals surface area contributed by atoms with Crippen molar-refractivity contribution < 1.29 is 29.1 Å². The van der Waals surface area contributed by atoms with Crippen LogP contribution in [0.2, 0.25) is 5.02 Å². The Balaban J connectivity index is 2.08. The molecule has 0 saturated heterocycles. The van der Waals surface area contributed by atoms with Gasteiger partial charge in [0, 0.05) is 17.7 Å². The summed E-state index contributed by atoms with van der Waals surface area (Å²) >= 11 is 6.07. The first-order chi connectivity index (χ1) is 13.3. The summed E-state index contributed by atoms with van der Waals surface area (Å²) in [6, 6.07) is 7.96. The summed E-state index contributed by atoms with van der Waals surface area (Å²) in [5, 5.41) is 23.2. The lowest BCUT2D eigenvalue weighted by Gasteiger charge is -2.11. The number of carboxylic acid groups (broad SMARTS) is 1. The first-order valence-electron chi connectivity index (χ1n) is 7.61. The molecule has 0 aliphatic carbocycles. The molecule has 0 spiro atoms. The fourth-order valence-electron chi connectivity index (χ4n) is 2.05. The number of rotatable bonds is 8. The molecule has 0 aliphatic heterocycles. The van der Waals surface area contributed by atoms with Crippen molar-refractivity contribution in [2.45, 2.75) is 0 Å². The molecule has 0 heterocycles. The molecule has 0 aliphatic rings. The number of carboxylic acids is 1. The first kappa shape index (κ1) is 20.6. The molecule has 10 nitrogen and oxygen atoms in total. The van der Waals surface area contributed by atoms with E-state index < -0.39 is 23.4 Å². The lowest BCUT2D eigenvalue weighted by atomic mass is 10.2. The third-order valence-electron chi connectivity index (χ3n) is 3.31. The van der Waals surface area contributed by atoms with Gasteiger partial charge in [-0.25, -0.2) is 10.2 Å². The molecule has 1 amide bonds. The summed E-state index contributed by atoms with van der Waals surface area (Å²) in [6.45, 7) is -0.588. The Morgan fingerprint density at radius 2 is 2.00 bits per heavy atom. The van der Waals surface area contributed by atoms with Crippen LogP contribution in [0.3, 0.4) is 0 Å². The summed E-state index contributed by atoms with van der Waals surface area (Å²) in [4.78, 5) is 32.7. The number of hydrazone groups is 1. The molecule has 28 heavy (non-hydrogen) atoms. The Morgan fingerprint density at radius 3 is 2.57 bits per heavy atom. The monoisotopic (exact) mass is 407 g/mol. The van der Waals surface area contributed by atoms with Gasteiger partial charge in [-0.2, -0.15) is 5.10 Å². The first-order valence-corrected chi connectivity index (χ1v) is 7.99. The molecule has 2 aromatic carbocycles. The number of non-ortho nitro benzene ring substituents is 1. The van der Waals surface area contributed by atoms with Crippen LogP contribution in [0.4, 0.5) is 5.69 Å². The predicted molar refractivity (Wildman–Crippen MR) is 99.3 cm³/mol. The summed E-state index contributed by atoms with van der Waals surface area (Å²) in [7, 11) is 1.36. The van der Waals surface area contributed by atoms with Crippen LogP contribution in [0.15, 0.2) is 41.5 Å². The van der Waals surface area contributed by atoms with Gasteiger partial charge in [0.15, 0.2) is 18.1 Å². The maximum Gasteiger partial charge on any atom is 0.341 e. The molecule has 0 saturated carbocycles. The fourth-order valence-corrected chi connectivity index (χ4v) is 2.33. The van der Waals surface area contributed by atoms with Crippen molar-refractivity contribution in [3.05, 3.63) is 62.7 Å². The number of carbonyl (C=O) groups is 2. The zero-order valence-electron chi connectivity index (χ0n) is 14.4. The number of amides is 1. The molecule has 0 atom stereocenters. The molecule has 0 radical (unpaired) electrons. The molecule has 0 unspecified atom stereocenters. The number of nitrogens with one attached hydrogen (secondary N) is 1. The zero-order chi connectivity index (χ0) is 20.7. The summed E-state index contributed by atoms with van der Waals surface area (Å²) in [6.07, 6.45) is 1.29. The zero-order valence-corrected chi connectivity index (χ0v) is 15.2. The van der Waals surface area contributed by atoms with E-state index in [9.17, 15) is 19.7 Å². The predicted octanol–water partition coefficient (Wildman–Crippen LogP) is 2.48. The van der Waals surface area contributed by atoms with Crippen LogP contribution in [0, 0.1) is 10.1 Å². The van der Waals surface area contributed by atoms with Crippen LogP contribution in [0.25, 0.3) is 0 Å². The summed E-state index contributed by atoms with van der Waals surface area (Å²) < 4.78 is 10.2.